The number of hydrogen-bond donors (Lipinski definition) is 2. The molecule has 1 fully saturated rings. The molecule has 1 saturated heterocycles. The molecule has 8 nitrogen and oxygen atoms in total. The van der Waals surface area contributed by atoms with Crippen LogP contribution in [0.3, 0.4) is 0 Å². The second-order valence-electron chi connectivity index (χ2n) is 7.81. The van der Waals surface area contributed by atoms with Crippen molar-refractivity contribution in [1.82, 2.24) is 10.2 Å². The summed E-state index contributed by atoms with van der Waals surface area (Å²) in [6.45, 7) is -0.185. The van der Waals surface area contributed by atoms with Crippen LogP contribution < -0.4 is 14.8 Å². The summed E-state index contributed by atoms with van der Waals surface area (Å²) in [6.07, 6.45) is -0.271. The van der Waals surface area contributed by atoms with E-state index < -0.39 is 29.9 Å². The summed E-state index contributed by atoms with van der Waals surface area (Å²) < 4.78 is 11.5. The Bertz CT molecular complexity index is 1130. The van der Waals surface area contributed by atoms with Crippen molar-refractivity contribution >= 4 is 17.8 Å². The number of nitrogens with zero attached hydrogens (tertiary/aromatic N) is 1. The largest absolute Gasteiger partial charge is 0.488 e. The lowest BCUT2D eigenvalue weighted by Crippen LogP contribution is -2.45. The zero-order valence-corrected chi connectivity index (χ0v) is 18.3. The van der Waals surface area contributed by atoms with Crippen molar-refractivity contribution in [3.63, 3.8) is 0 Å². The zero-order valence-electron chi connectivity index (χ0n) is 18.3. The first kappa shape index (κ1) is 22.8. The highest BCUT2D eigenvalue weighted by Crippen LogP contribution is 2.24. The Morgan fingerprint density at radius 3 is 2.06 bits per heavy atom. The van der Waals surface area contributed by atoms with Gasteiger partial charge in [0.25, 0.3) is 5.91 Å². The highest BCUT2D eigenvalue weighted by atomic mass is 16.5. The number of nitrogens with one attached hydrogen (secondary N) is 1. The maximum absolute atomic E-state index is 12.7. The lowest BCUT2D eigenvalue weighted by molar-refractivity contribution is -0.147. The van der Waals surface area contributed by atoms with Gasteiger partial charge in [0, 0.05) is 12.0 Å². The van der Waals surface area contributed by atoms with Gasteiger partial charge in [-0.05, 0) is 48.5 Å². The molecule has 2 N–H and O–H groups in total. The van der Waals surface area contributed by atoms with Crippen molar-refractivity contribution in [3.8, 4) is 17.2 Å². The second-order valence-corrected chi connectivity index (χ2v) is 7.81. The summed E-state index contributed by atoms with van der Waals surface area (Å²) in [5, 5.41) is 12.1. The number of carbonyl (C=O) groups is 3. The van der Waals surface area contributed by atoms with E-state index in [2.05, 4.69) is 5.32 Å². The molecule has 4 rings (SSSR count). The molecule has 174 valence electrons. The van der Waals surface area contributed by atoms with Gasteiger partial charge in [0.05, 0.1) is 13.1 Å². The summed E-state index contributed by atoms with van der Waals surface area (Å²) in [7, 11) is 0. The van der Waals surface area contributed by atoms with Gasteiger partial charge < -0.3 is 24.8 Å². The highest BCUT2D eigenvalue weighted by Gasteiger charge is 2.40. The molecule has 3 aromatic carbocycles. The smallest absolute Gasteiger partial charge is 0.326 e. The Balaban J connectivity index is 1.31. The van der Waals surface area contributed by atoms with E-state index in [1.807, 2.05) is 48.5 Å². The van der Waals surface area contributed by atoms with Crippen molar-refractivity contribution < 1.29 is 29.0 Å². The Labute approximate surface area is 196 Å². The number of rotatable bonds is 8. The molecule has 2 amide bonds. The van der Waals surface area contributed by atoms with Gasteiger partial charge in [-0.15, -0.1) is 0 Å². The predicted molar refractivity (Wildman–Crippen MR) is 124 cm³/mol. The van der Waals surface area contributed by atoms with Crippen LogP contribution in [0.4, 0.5) is 0 Å². The Hall–Kier alpha value is -4.33. The number of likely N-dealkylation sites (tertiary alicyclic amines) is 1. The Kier molecular flexibility index (Phi) is 7.07. The summed E-state index contributed by atoms with van der Waals surface area (Å²) in [6, 6.07) is 23.8. The molecule has 1 heterocycles. The lowest BCUT2D eigenvalue weighted by Gasteiger charge is -2.21. The molecule has 0 aliphatic carbocycles. The van der Waals surface area contributed by atoms with Gasteiger partial charge in [-0.2, -0.15) is 0 Å². The molecule has 0 radical (unpaired) electrons. The Morgan fingerprint density at radius 1 is 0.853 bits per heavy atom. The molecule has 3 aromatic rings. The fourth-order valence-electron chi connectivity index (χ4n) is 3.74. The third-order valence-electron chi connectivity index (χ3n) is 5.41. The predicted octanol–water partition coefficient (Wildman–Crippen LogP) is 3.34. The van der Waals surface area contributed by atoms with Gasteiger partial charge in [0.15, 0.2) is 0 Å². The van der Waals surface area contributed by atoms with Gasteiger partial charge in [0.2, 0.25) is 5.91 Å². The molecule has 0 spiro atoms. The SMILES string of the molecule is O=C(NCC(=O)N1CC(Oc2ccccc2)C[C@@H]1C(=O)O)c1ccc(Oc2ccccc2)cc1. The van der Waals surface area contributed by atoms with Gasteiger partial charge in [-0.3, -0.25) is 9.59 Å². The average Bonchev–Trinajstić information content (AvgIpc) is 3.28. The topological polar surface area (TPSA) is 105 Å². The standard InChI is InChI=1S/C26H24N2O6/c29-24(28-17-22(15-23(28)26(31)32)34-20-9-5-2-6-10-20)16-27-25(30)18-11-13-21(14-12-18)33-19-7-3-1-4-8-19/h1-14,22-23H,15-17H2,(H,27,30)(H,31,32)/t22?,23-/m1/s1. The van der Waals surface area contributed by atoms with E-state index in [9.17, 15) is 19.5 Å². The minimum atomic E-state index is -1.10. The monoisotopic (exact) mass is 460 g/mol. The summed E-state index contributed by atoms with van der Waals surface area (Å²) >= 11 is 0. The summed E-state index contributed by atoms with van der Waals surface area (Å²) in [5.41, 5.74) is 0.356. The number of aliphatic carboxylic acids is 1. The van der Waals surface area contributed by atoms with Crippen LogP contribution in [0.2, 0.25) is 0 Å². The van der Waals surface area contributed by atoms with Crippen LogP contribution in [0.15, 0.2) is 84.9 Å². The summed E-state index contributed by atoms with van der Waals surface area (Å²) in [5.74, 6) is -0.165. The van der Waals surface area contributed by atoms with E-state index in [-0.39, 0.29) is 19.5 Å². The number of carbonyl (C=O) groups excluding carboxylic acids is 2. The van der Waals surface area contributed by atoms with E-state index in [0.717, 1.165) is 0 Å². The third-order valence-corrected chi connectivity index (χ3v) is 5.41. The summed E-state index contributed by atoms with van der Waals surface area (Å²) in [4.78, 5) is 38.1. The number of benzene rings is 3. The van der Waals surface area contributed by atoms with Crippen LogP contribution >= 0.6 is 0 Å². The molecule has 0 bridgehead atoms. The molecular formula is C26H24N2O6. The first-order valence-electron chi connectivity index (χ1n) is 10.8. The molecular weight excluding hydrogens is 436 g/mol. The molecule has 0 saturated carbocycles. The quantitative estimate of drug-likeness (QED) is 0.534. The normalized spacial score (nSPS) is 17.1. The maximum atomic E-state index is 12.7. The number of carboxylic acid groups (broad SMARTS) is 1. The van der Waals surface area contributed by atoms with Gasteiger partial charge in [-0.25, -0.2) is 4.79 Å². The van der Waals surface area contributed by atoms with Gasteiger partial charge >= 0.3 is 5.97 Å². The highest BCUT2D eigenvalue weighted by molar-refractivity contribution is 5.97. The van der Waals surface area contributed by atoms with Crippen LogP contribution in [0.25, 0.3) is 0 Å². The first-order valence-corrected chi connectivity index (χ1v) is 10.8. The number of amides is 2. The Morgan fingerprint density at radius 2 is 1.44 bits per heavy atom. The maximum Gasteiger partial charge on any atom is 0.326 e. The second kappa shape index (κ2) is 10.5. The van der Waals surface area contributed by atoms with Gasteiger partial charge in [-0.1, -0.05) is 36.4 Å². The van der Waals surface area contributed by atoms with Crippen molar-refractivity contribution in [3.05, 3.63) is 90.5 Å². The molecule has 0 aromatic heterocycles. The molecule has 1 aliphatic heterocycles. The van der Waals surface area contributed by atoms with E-state index in [0.29, 0.717) is 22.8 Å². The van der Waals surface area contributed by atoms with Crippen LogP contribution in [0.1, 0.15) is 16.8 Å². The number of hydrogen-bond acceptors (Lipinski definition) is 5. The third kappa shape index (κ3) is 5.72. The number of para-hydroxylation sites is 2. The van der Waals surface area contributed by atoms with E-state index in [4.69, 9.17) is 9.47 Å². The van der Waals surface area contributed by atoms with Crippen molar-refractivity contribution in [2.75, 3.05) is 13.1 Å². The first-order chi connectivity index (χ1) is 16.5. The van der Waals surface area contributed by atoms with Crippen LogP contribution in [0, 0.1) is 0 Å². The molecule has 1 unspecified atom stereocenters. The number of carboxylic acids is 1. The zero-order chi connectivity index (χ0) is 23.9. The average molecular weight is 460 g/mol. The van der Waals surface area contributed by atoms with Crippen molar-refractivity contribution in [1.29, 1.82) is 0 Å². The number of ether oxygens (including phenoxy) is 2. The van der Waals surface area contributed by atoms with E-state index >= 15 is 0 Å². The van der Waals surface area contributed by atoms with Crippen LogP contribution in [-0.4, -0.2) is 53.0 Å². The lowest BCUT2D eigenvalue weighted by atomic mass is 10.2. The fourth-order valence-corrected chi connectivity index (χ4v) is 3.74. The van der Waals surface area contributed by atoms with Gasteiger partial charge in [0.1, 0.15) is 29.4 Å². The van der Waals surface area contributed by atoms with Crippen LogP contribution in [-0.2, 0) is 9.59 Å². The fraction of sp³-hybridized carbons (Fsp3) is 0.192. The van der Waals surface area contributed by atoms with E-state index in [1.165, 1.54) is 4.90 Å². The minimum Gasteiger partial charge on any atom is -0.488 e. The van der Waals surface area contributed by atoms with Crippen LogP contribution in [0.5, 0.6) is 17.2 Å². The van der Waals surface area contributed by atoms with Crippen molar-refractivity contribution in [2.45, 2.75) is 18.6 Å². The molecule has 34 heavy (non-hydrogen) atoms. The molecule has 1 aliphatic rings. The molecule has 2 atom stereocenters. The minimum absolute atomic E-state index is 0.131. The van der Waals surface area contributed by atoms with E-state index in [1.54, 1.807) is 36.4 Å². The molecule has 8 heteroatoms. The van der Waals surface area contributed by atoms with Crippen molar-refractivity contribution in [2.24, 2.45) is 0 Å².